The van der Waals surface area contributed by atoms with Crippen LogP contribution in [0.4, 0.5) is 5.95 Å². The molecule has 1 aromatic heterocycles. The number of carbonyl (C=O) groups excluding carboxylic acids is 1. The van der Waals surface area contributed by atoms with Crippen molar-refractivity contribution < 1.29 is 4.79 Å². The predicted molar refractivity (Wildman–Crippen MR) is 67.9 cm³/mol. The van der Waals surface area contributed by atoms with Crippen molar-refractivity contribution in [3.63, 3.8) is 0 Å². The third kappa shape index (κ3) is 2.48. The van der Waals surface area contributed by atoms with Gasteiger partial charge in [0, 0.05) is 17.6 Å². The molecule has 0 atom stereocenters. The minimum atomic E-state index is -0.00141. The SMILES string of the molecule is CNc1nnnn1Cc1cc(C(C)=O)ccc1Cl. The van der Waals surface area contributed by atoms with Crippen LogP contribution in [0.1, 0.15) is 22.8 Å². The van der Waals surface area contributed by atoms with Gasteiger partial charge in [-0.05, 0) is 41.1 Å². The number of rotatable bonds is 4. The van der Waals surface area contributed by atoms with E-state index in [4.69, 9.17) is 11.6 Å². The van der Waals surface area contributed by atoms with E-state index in [0.717, 1.165) is 5.56 Å². The normalized spacial score (nSPS) is 10.4. The van der Waals surface area contributed by atoms with Crippen molar-refractivity contribution in [1.82, 2.24) is 20.2 Å². The summed E-state index contributed by atoms with van der Waals surface area (Å²) in [6.07, 6.45) is 0. The van der Waals surface area contributed by atoms with Crippen LogP contribution in [0.2, 0.25) is 5.02 Å². The molecule has 2 aromatic rings. The smallest absolute Gasteiger partial charge is 0.242 e. The van der Waals surface area contributed by atoms with Gasteiger partial charge in [0.15, 0.2) is 5.78 Å². The van der Waals surface area contributed by atoms with E-state index in [0.29, 0.717) is 23.1 Å². The van der Waals surface area contributed by atoms with E-state index in [2.05, 4.69) is 20.8 Å². The fourth-order valence-electron chi connectivity index (χ4n) is 1.57. The van der Waals surface area contributed by atoms with Gasteiger partial charge in [-0.25, -0.2) is 4.68 Å². The molecule has 94 valence electrons. The number of nitrogens with one attached hydrogen (secondary N) is 1. The van der Waals surface area contributed by atoms with Gasteiger partial charge in [0.1, 0.15) is 0 Å². The summed E-state index contributed by atoms with van der Waals surface area (Å²) in [6.45, 7) is 1.92. The second-order valence-electron chi connectivity index (χ2n) is 3.77. The maximum absolute atomic E-state index is 11.3. The highest BCUT2D eigenvalue weighted by Crippen LogP contribution is 2.19. The van der Waals surface area contributed by atoms with Gasteiger partial charge >= 0.3 is 0 Å². The van der Waals surface area contributed by atoms with Crippen molar-refractivity contribution in [3.05, 3.63) is 34.3 Å². The third-order valence-electron chi connectivity index (χ3n) is 2.53. The van der Waals surface area contributed by atoms with E-state index in [9.17, 15) is 4.79 Å². The summed E-state index contributed by atoms with van der Waals surface area (Å²) >= 11 is 6.10. The zero-order valence-corrected chi connectivity index (χ0v) is 10.8. The van der Waals surface area contributed by atoms with Crippen LogP contribution >= 0.6 is 11.6 Å². The Labute approximate surface area is 109 Å². The zero-order valence-electron chi connectivity index (χ0n) is 10.0. The summed E-state index contributed by atoms with van der Waals surface area (Å²) in [5.41, 5.74) is 1.42. The number of Topliss-reactive ketones (excluding diaryl/α,β-unsaturated/α-hetero) is 1. The molecule has 2 rings (SSSR count). The lowest BCUT2D eigenvalue weighted by molar-refractivity contribution is 0.101. The number of anilines is 1. The topological polar surface area (TPSA) is 72.7 Å². The monoisotopic (exact) mass is 265 g/mol. The molecule has 0 aliphatic heterocycles. The Bertz CT molecular complexity index is 581. The van der Waals surface area contributed by atoms with Gasteiger partial charge in [-0.15, -0.1) is 0 Å². The van der Waals surface area contributed by atoms with E-state index in [1.165, 1.54) is 6.92 Å². The molecule has 0 fully saturated rings. The molecule has 1 aromatic carbocycles. The number of halogens is 1. The molecule has 1 N–H and O–H groups in total. The quantitative estimate of drug-likeness (QED) is 0.851. The third-order valence-corrected chi connectivity index (χ3v) is 2.90. The van der Waals surface area contributed by atoms with Gasteiger partial charge in [-0.1, -0.05) is 16.7 Å². The van der Waals surface area contributed by atoms with Crippen LogP contribution in [0, 0.1) is 0 Å². The summed E-state index contributed by atoms with van der Waals surface area (Å²) in [5, 5.41) is 14.7. The highest BCUT2D eigenvalue weighted by molar-refractivity contribution is 6.31. The second kappa shape index (κ2) is 5.14. The molecule has 0 amide bonds. The van der Waals surface area contributed by atoms with E-state index in [1.807, 2.05) is 0 Å². The molecule has 0 aliphatic carbocycles. The molecule has 0 radical (unpaired) electrons. The van der Waals surface area contributed by atoms with Crippen LogP contribution in [0.5, 0.6) is 0 Å². The second-order valence-corrected chi connectivity index (χ2v) is 4.18. The van der Waals surface area contributed by atoms with Gasteiger partial charge in [-0.2, -0.15) is 0 Å². The zero-order chi connectivity index (χ0) is 13.1. The average Bonchev–Trinajstić information content (AvgIpc) is 2.79. The minimum Gasteiger partial charge on any atom is -0.356 e. The first-order valence-electron chi connectivity index (χ1n) is 5.35. The van der Waals surface area contributed by atoms with Gasteiger partial charge < -0.3 is 5.32 Å². The van der Waals surface area contributed by atoms with Crippen LogP contribution < -0.4 is 5.32 Å². The maximum atomic E-state index is 11.3. The maximum Gasteiger partial charge on any atom is 0.242 e. The number of hydrogen-bond donors (Lipinski definition) is 1. The van der Waals surface area contributed by atoms with Crippen LogP contribution in [0.25, 0.3) is 0 Å². The fraction of sp³-hybridized carbons (Fsp3) is 0.273. The van der Waals surface area contributed by atoms with Crippen LogP contribution in [0.15, 0.2) is 18.2 Å². The van der Waals surface area contributed by atoms with Crippen molar-refractivity contribution in [1.29, 1.82) is 0 Å². The minimum absolute atomic E-state index is 0.00141. The fourth-order valence-corrected chi connectivity index (χ4v) is 1.74. The Kier molecular flexibility index (Phi) is 3.57. The van der Waals surface area contributed by atoms with Crippen LogP contribution in [-0.4, -0.2) is 33.0 Å². The summed E-state index contributed by atoms with van der Waals surface area (Å²) < 4.78 is 1.57. The summed E-state index contributed by atoms with van der Waals surface area (Å²) in [4.78, 5) is 11.3. The largest absolute Gasteiger partial charge is 0.356 e. The van der Waals surface area contributed by atoms with Crippen molar-refractivity contribution in [2.75, 3.05) is 12.4 Å². The molecule has 1 heterocycles. The van der Waals surface area contributed by atoms with Crippen molar-refractivity contribution in [2.45, 2.75) is 13.5 Å². The first-order chi connectivity index (χ1) is 8.61. The van der Waals surface area contributed by atoms with E-state index in [-0.39, 0.29) is 5.78 Å². The van der Waals surface area contributed by atoms with Crippen LogP contribution in [-0.2, 0) is 6.54 Å². The molecule has 7 heteroatoms. The lowest BCUT2D eigenvalue weighted by Crippen LogP contribution is -2.08. The van der Waals surface area contributed by atoms with Gasteiger partial charge in [0.25, 0.3) is 0 Å². The first kappa shape index (κ1) is 12.5. The molecular weight excluding hydrogens is 254 g/mol. The van der Waals surface area contributed by atoms with Gasteiger partial charge in [0.2, 0.25) is 5.95 Å². The van der Waals surface area contributed by atoms with E-state index < -0.39 is 0 Å². The standard InChI is InChI=1S/C11H12ClN5O/c1-7(18)8-3-4-10(12)9(5-8)6-17-11(13-2)14-15-16-17/h3-5H,6H2,1-2H3,(H,13,14,16). The lowest BCUT2D eigenvalue weighted by atomic mass is 10.1. The number of carbonyl (C=O) groups is 1. The molecule has 0 saturated heterocycles. The van der Waals surface area contributed by atoms with Gasteiger partial charge in [-0.3, -0.25) is 4.79 Å². The Morgan fingerprint density at radius 3 is 2.94 bits per heavy atom. The molecule has 0 unspecified atom stereocenters. The molecule has 0 saturated carbocycles. The lowest BCUT2D eigenvalue weighted by Gasteiger charge is -2.07. The summed E-state index contributed by atoms with van der Waals surface area (Å²) in [7, 11) is 1.73. The molecular formula is C11H12ClN5O. The first-order valence-corrected chi connectivity index (χ1v) is 5.73. The average molecular weight is 266 g/mol. The number of tetrazole rings is 1. The Morgan fingerprint density at radius 2 is 2.28 bits per heavy atom. The Hall–Kier alpha value is -1.95. The number of benzene rings is 1. The Balaban J connectivity index is 2.33. The van der Waals surface area contributed by atoms with Gasteiger partial charge in [0.05, 0.1) is 6.54 Å². The molecule has 0 aliphatic rings. The Morgan fingerprint density at radius 1 is 1.50 bits per heavy atom. The van der Waals surface area contributed by atoms with Crippen molar-refractivity contribution >= 4 is 23.3 Å². The number of aromatic nitrogens is 4. The van der Waals surface area contributed by atoms with Crippen LogP contribution in [0.3, 0.4) is 0 Å². The van der Waals surface area contributed by atoms with Crippen molar-refractivity contribution in [3.8, 4) is 0 Å². The summed E-state index contributed by atoms with van der Waals surface area (Å²) in [6, 6.07) is 5.16. The molecule has 18 heavy (non-hydrogen) atoms. The predicted octanol–water partition coefficient (Wildman–Crippen LogP) is 1.62. The number of ketones is 1. The number of hydrogen-bond acceptors (Lipinski definition) is 5. The molecule has 6 nitrogen and oxygen atoms in total. The highest BCUT2D eigenvalue weighted by Gasteiger charge is 2.09. The summed E-state index contributed by atoms with van der Waals surface area (Å²) in [5.74, 6) is 0.540. The van der Waals surface area contributed by atoms with E-state index in [1.54, 1.807) is 29.9 Å². The highest BCUT2D eigenvalue weighted by atomic mass is 35.5. The molecule has 0 bridgehead atoms. The number of nitrogens with zero attached hydrogens (tertiary/aromatic N) is 4. The van der Waals surface area contributed by atoms with E-state index >= 15 is 0 Å². The molecule has 0 spiro atoms. The van der Waals surface area contributed by atoms with Crippen molar-refractivity contribution in [2.24, 2.45) is 0 Å².